The predicted octanol–water partition coefficient (Wildman–Crippen LogP) is 9.64. The maximum Gasteiger partial charge on any atom is 0.481 e. The van der Waals surface area contributed by atoms with Gasteiger partial charge >= 0.3 is 33.3 Å². The number of hydrogen-bond acceptors (Lipinski definition) is 16. The van der Waals surface area contributed by atoms with Crippen LogP contribution in [0, 0.1) is 0 Å². The van der Waals surface area contributed by atoms with Crippen molar-refractivity contribution in [1.82, 2.24) is 9.55 Å². The summed E-state index contributed by atoms with van der Waals surface area (Å²) < 4.78 is 56.6. The van der Waals surface area contributed by atoms with Crippen molar-refractivity contribution in [2.24, 2.45) is 0 Å². The Bertz CT molecular complexity index is 2070. The number of hydrogen-bond donors (Lipinski definition) is 6. The number of allylic oxidation sites excluding steroid dienone is 12. The van der Waals surface area contributed by atoms with Crippen molar-refractivity contribution in [1.29, 1.82) is 0 Å². The summed E-state index contributed by atoms with van der Waals surface area (Å²) in [5.41, 5.74) is 4.57. The van der Waals surface area contributed by atoms with Crippen LogP contribution >= 0.6 is 15.6 Å². The number of anilines is 1. The van der Waals surface area contributed by atoms with Crippen molar-refractivity contribution in [3.05, 3.63) is 108 Å². The molecule has 412 valence electrons. The fourth-order valence-corrected chi connectivity index (χ4v) is 9.10. The molecule has 0 saturated carbocycles. The number of aliphatic hydroxyl groups excluding tert-OH is 3. The third-order valence-corrected chi connectivity index (χ3v) is 13.6. The Kier molecular flexibility index (Phi) is 35.0. The third kappa shape index (κ3) is 32.1. The molecule has 0 aromatic carbocycles. The predicted molar refractivity (Wildman–Crippen MR) is 281 cm³/mol. The van der Waals surface area contributed by atoms with E-state index < -0.39 is 89.8 Å². The number of ether oxygens (including phenoxy) is 3. The topological polar surface area (TPSA) is 286 Å². The van der Waals surface area contributed by atoms with E-state index in [1.54, 1.807) is 6.08 Å². The van der Waals surface area contributed by atoms with Crippen molar-refractivity contribution in [3.8, 4) is 0 Å². The number of rotatable bonds is 41. The van der Waals surface area contributed by atoms with Gasteiger partial charge in [0, 0.05) is 19.0 Å². The third-order valence-electron chi connectivity index (χ3n) is 11.0. The van der Waals surface area contributed by atoms with E-state index in [0.717, 1.165) is 42.9 Å². The number of aliphatic hydroxyl groups is 3. The molecule has 0 spiro atoms. The number of phosphoric acid groups is 2. The fourth-order valence-electron chi connectivity index (χ4n) is 6.99. The van der Waals surface area contributed by atoms with Gasteiger partial charge in [-0.15, -0.1) is 0 Å². The van der Waals surface area contributed by atoms with Gasteiger partial charge in [-0.25, -0.2) is 13.9 Å². The molecule has 1 aromatic heterocycles. The smallest absolute Gasteiger partial charge is 0.462 e. The van der Waals surface area contributed by atoms with Gasteiger partial charge in [0.2, 0.25) is 0 Å². The maximum atomic E-state index is 12.8. The summed E-state index contributed by atoms with van der Waals surface area (Å²) >= 11 is 0. The molecule has 1 fully saturated rings. The molecule has 73 heavy (non-hydrogen) atoms. The minimum Gasteiger partial charge on any atom is -0.462 e. The summed E-state index contributed by atoms with van der Waals surface area (Å²) in [4.78, 5) is 61.9. The van der Waals surface area contributed by atoms with Crippen LogP contribution < -0.4 is 11.4 Å². The van der Waals surface area contributed by atoms with E-state index in [1.807, 2.05) is 48.6 Å². The van der Waals surface area contributed by atoms with Gasteiger partial charge in [-0.3, -0.25) is 23.2 Å². The summed E-state index contributed by atoms with van der Waals surface area (Å²) in [5, 5.41) is 31.0. The van der Waals surface area contributed by atoms with Crippen LogP contribution in [0.25, 0.3) is 0 Å². The van der Waals surface area contributed by atoms with Gasteiger partial charge in [0.15, 0.2) is 12.3 Å². The van der Waals surface area contributed by atoms with E-state index >= 15 is 0 Å². The van der Waals surface area contributed by atoms with E-state index in [9.17, 15) is 48.6 Å². The first-order valence-electron chi connectivity index (χ1n) is 25.7. The number of nitrogen functional groups attached to an aromatic ring is 1. The van der Waals surface area contributed by atoms with E-state index in [2.05, 4.69) is 53.5 Å². The minimum absolute atomic E-state index is 0.00217. The molecular formula is C52H83N3O16P2. The Morgan fingerprint density at radius 3 is 1.93 bits per heavy atom. The average molecular weight is 1070 g/mol. The SMILES string of the molecule is CCCCC/C=C\C=C/[C@@H](O)C/C=C\C/C=C/CCCC(=O)OC[C@H](COP(=O)(O)OP(=O)(O)OC[C@H]1O[C@@H](n2ccc(N)nc2=O)[C@H](O)[C@@H]1O)OC(=O)CCC/C=C\C/C=C\C/C=C\CCCCCCCC. The lowest BCUT2D eigenvalue weighted by Gasteiger charge is -2.21. The zero-order valence-electron chi connectivity index (χ0n) is 42.8. The maximum absolute atomic E-state index is 12.8. The molecule has 21 heteroatoms. The quantitative estimate of drug-likeness (QED) is 0.0117. The van der Waals surface area contributed by atoms with Gasteiger partial charge in [0.05, 0.1) is 19.3 Å². The number of nitrogens with zero attached hydrogens (tertiary/aromatic N) is 2. The van der Waals surface area contributed by atoms with Crippen molar-refractivity contribution in [3.63, 3.8) is 0 Å². The van der Waals surface area contributed by atoms with Crippen LogP contribution in [0.1, 0.15) is 155 Å². The number of aromatic nitrogens is 2. The molecule has 19 nitrogen and oxygen atoms in total. The minimum atomic E-state index is -5.46. The lowest BCUT2D eigenvalue weighted by atomic mass is 10.1. The molecule has 0 radical (unpaired) electrons. The fraction of sp³-hybridized carbons (Fsp3) is 0.615. The highest BCUT2D eigenvalue weighted by atomic mass is 31.3. The van der Waals surface area contributed by atoms with Gasteiger partial charge in [-0.05, 0) is 83.1 Å². The van der Waals surface area contributed by atoms with Crippen LogP contribution in [-0.4, -0.2) is 96.9 Å². The van der Waals surface area contributed by atoms with Crippen LogP contribution in [0.3, 0.4) is 0 Å². The standard InChI is InChI=1S/C52H83N3O16P2/c1-3-5-7-9-11-12-13-14-15-16-17-18-19-20-24-29-33-37-48(58)69-44(40-66-47(57)36-32-28-25-21-23-27-31-35-43(56)34-30-26-22-10-8-6-4-2)41-67-72(62,63)71-73(64,65)68-42-45-49(59)50(60)51(70-45)55-39-38-46(53)54-52(55)61/h14-15,17-18,20-22,24-27,30-31,34,38-39,43-45,49-51,56,59-60H,3-13,16,19,23,28-29,32-33,35-37,40-42H2,1-2H3,(H,62,63)(H,64,65)(H2,53,54,61)/b15-14-,18-17-,24-20-,25-21+,26-22-,31-27-,34-30-/t43-,44-,45-,49-,50-,51-/m1/s1. The Morgan fingerprint density at radius 1 is 0.726 bits per heavy atom. The molecule has 0 aliphatic carbocycles. The lowest BCUT2D eigenvalue weighted by molar-refractivity contribution is -0.161. The summed E-state index contributed by atoms with van der Waals surface area (Å²) in [5.74, 6) is -1.48. The van der Waals surface area contributed by atoms with Crippen LogP contribution in [0.15, 0.2) is 102 Å². The van der Waals surface area contributed by atoms with Crippen LogP contribution in [0.2, 0.25) is 0 Å². The van der Waals surface area contributed by atoms with E-state index in [1.165, 1.54) is 57.4 Å². The molecule has 2 heterocycles. The van der Waals surface area contributed by atoms with Gasteiger partial charge in [-0.2, -0.15) is 9.29 Å². The van der Waals surface area contributed by atoms with Gasteiger partial charge in [0.25, 0.3) is 0 Å². The van der Waals surface area contributed by atoms with E-state index in [4.69, 9.17) is 29.0 Å². The van der Waals surface area contributed by atoms with E-state index in [-0.39, 0.29) is 18.7 Å². The zero-order chi connectivity index (χ0) is 53.6. The first kappa shape index (κ1) is 65.0. The monoisotopic (exact) mass is 1070 g/mol. The molecule has 1 aliphatic rings. The number of carbonyl (C=O) groups is 2. The molecule has 1 aromatic rings. The summed E-state index contributed by atoms with van der Waals surface area (Å²) in [7, 11) is -10.9. The molecular weight excluding hydrogens is 985 g/mol. The second-order valence-corrected chi connectivity index (χ2v) is 20.6. The highest BCUT2D eigenvalue weighted by Gasteiger charge is 2.46. The molecule has 0 amide bonds. The summed E-state index contributed by atoms with van der Waals surface area (Å²) in [6.45, 7) is 1.93. The number of unbranched alkanes of at least 4 members (excludes halogenated alkanes) is 11. The Morgan fingerprint density at radius 2 is 1.27 bits per heavy atom. The number of carbonyl (C=O) groups excluding carboxylic acids is 2. The van der Waals surface area contributed by atoms with Crippen LogP contribution in [0.4, 0.5) is 5.82 Å². The highest BCUT2D eigenvalue weighted by molar-refractivity contribution is 7.61. The molecule has 8 atom stereocenters. The van der Waals surface area contributed by atoms with Gasteiger partial charge in [-0.1, -0.05) is 144 Å². The number of nitrogens with two attached hydrogens (primary N) is 1. The first-order chi connectivity index (χ1) is 35.1. The second kappa shape index (κ2) is 39.3. The van der Waals surface area contributed by atoms with Gasteiger partial charge in [0.1, 0.15) is 30.7 Å². The Hall–Kier alpha value is -4.10. The molecule has 1 saturated heterocycles. The number of phosphoric ester groups is 2. The van der Waals surface area contributed by atoms with Crippen LogP contribution in [-0.2, 0) is 46.3 Å². The normalized spacial score (nSPS) is 20.1. The lowest BCUT2D eigenvalue weighted by Crippen LogP contribution is -2.36. The largest absolute Gasteiger partial charge is 0.481 e. The van der Waals surface area contributed by atoms with Crippen molar-refractivity contribution >= 4 is 33.4 Å². The van der Waals surface area contributed by atoms with Crippen molar-refractivity contribution in [2.75, 3.05) is 25.6 Å². The van der Waals surface area contributed by atoms with Gasteiger partial charge < -0.3 is 45.1 Å². The summed E-state index contributed by atoms with van der Waals surface area (Å²) in [6, 6.07) is 1.24. The average Bonchev–Trinajstić information content (AvgIpc) is 3.62. The number of esters is 2. The molecule has 1 aliphatic heterocycles. The Labute approximate surface area is 431 Å². The zero-order valence-corrected chi connectivity index (χ0v) is 44.6. The van der Waals surface area contributed by atoms with Crippen molar-refractivity contribution in [2.45, 2.75) is 185 Å². The molecule has 0 bridgehead atoms. The molecule has 2 unspecified atom stereocenters. The summed E-state index contributed by atoms with van der Waals surface area (Å²) in [6.07, 6.45) is 38.4. The van der Waals surface area contributed by atoms with E-state index in [0.29, 0.717) is 38.5 Å². The first-order valence-corrected chi connectivity index (χ1v) is 28.7. The Balaban J connectivity index is 1.87. The second-order valence-electron chi connectivity index (χ2n) is 17.5. The van der Waals surface area contributed by atoms with Crippen LogP contribution in [0.5, 0.6) is 0 Å². The molecule has 2 rings (SSSR count). The van der Waals surface area contributed by atoms with Crippen molar-refractivity contribution < 1.29 is 71.4 Å². The molecule has 7 N–H and O–H groups in total. The highest BCUT2D eigenvalue weighted by Crippen LogP contribution is 2.60.